The minimum absolute atomic E-state index is 0.0158. The van der Waals surface area contributed by atoms with Crippen LogP contribution >= 0.6 is 0 Å². The lowest BCUT2D eigenvalue weighted by Crippen LogP contribution is -2.61. The smallest absolute Gasteiger partial charge is 0.172 e. The van der Waals surface area contributed by atoms with Gasteiger partial charge in [-0.1, -0.05) is 20.1 Å². The van der Waals surface area contributed by atoms with Crippen LogP contribution in [0.4, 0.5) is 0 Å². The molecule has 12 heteroatoms. The lowest BCUT2D eigenvalue weighted by atomic mass is 9.81. The number of fused-ring (bicyclic) bond motifs is 6. The molecule has 0 aromatic rings. The molecule has 290 valence electrons. The highest BCUT2D eigenvalue weighted by Gasteiger charge is 2.68. The van der Waals surface area contributed by atoms with E-state index in [1.54, 1.807) is 7.11 Å². The molecule has 10 heterocycles. The number of ketones is 1. The minimum atomic E-state index is -0.780. The van der Waals surface area contributed by atoms with Gasteiger partial charge in [0.2, 0.25) is 0 Å². The van der Waals surface area contributed by atoms with E-state index in [1.807, 2.05) is 0 Å². The van der Waals surface area contributed by atoms with E-state index in [9.17, 15) is 9.90 Å². The Morgan fingerprint density at radius 2 is 1.56 bits per heavy atom. The van der Waals surface area contributed by atoms with Crippen LogP contribution in [0.3, 0.4) is 0 Å². The highest BCUT2D eigenvalue weighted by Crippen LogP contribution is 2.54. The van der Waals surface area contributed by atoms with Crippen LogP contribution in [0.15, 0.2) is 24.3 Å². The van der Waals surface area contributed by atoms with E-state index in [0.717, 1.165) is 56.1 Å². The topological polar surface area (TPSA) is 146 Å². The van der Waals surface area contributed by atoms with Crippen molar-refractivity contribution < 1.29 is 52.5 Å². The number of carbonyl (C=O) groups excluding carboxylic acids is 1. The van der Waals surface area contributed by atoms with E-state index in [0.29, 0.717) is 25.7 Å². The summed E-state index contributed by atoms with van der Waals surface area (Å²) >= 11 is 0. The first-order valence-electron chi connectivity index (χ1n) is 20.2. The van der Waals surface area contributed by atoms with Gasteiger partial charge < -0.3 is 53.5 Å². The second kappa shape index (κ2) is 14.3. The number of methoxy groups -OCH3 is 1. The molecule has 12 nitrogen and oxygen atoms in total. The summed E-state index contributed by atoms with van der Waals surface area (Å²) in [6.07, 6.45) is 4.85. The van der Waals surface area contributed by atoms with Gasteiger partial charge in [0.1, 0.15) is 36.3 Å². The number of hydrogen-bond acceptors (Lipinski definition) is 12. The fraction of sp³-hybridized carbons (Fsp3) is 0.875. The number of Topliss-reactive ketones (excluding diaryl/α,β-unsaturated/α-hetero) is 1. The quantitative estimate of drug-likeness (QED) is 0.409. The zero-order valence-electron chi connectivity index (χ0n) is 30.8. The van der Waals surface area contributed by atoms with Gasteiger partial charge in [-0.3, -0.25) is 4.79 Å². The molecule has 12 bridgehead atoms. The first-order chi connectivity index (χ1) is 25.1. The van der Waals surface area contributed by atoms with Crippen LogP contribution < -0.4 is 5.73 Å². The van der Waals surface area contributed by atoms with Gasteiger partial charge in [0, 0.05) is 58.1 Å². The summed E-state index contributed by atoms with van der Waals surface area (Å²) in [4.78, 5) is 14.1. The third-order valence-corrected chi connectivity index (χ3v) is 14.0. The molecular formula is C40H59NO11. The van der Waals surface area contributed by atoms with Crippen LogP contribution in [-0.2, 0) is 47.4 Å². The highest BCUT2D eigenvalue weighted by atomic mass is 16.8. The minimum Gasteiger partial charge on any atom is -0.392 e. The van der Waals surface area contributed by atoms with Crippen molar-refractivity contribution in [1.82, 2.24) is 0 Å². The molecule has 0 aromatic carbocycles. The zero-order valence-corrected chi connectivity index (χ0v) is 30.8. The first-order valence-corrected chi connectivity index (χ1v) is 20.2. The molecular weight excluding hydrogens is 670 g/mol. The number of rotatable bonds is 4. The van der Waals surface area contributed by atoms with Crippen LogP contribution in [0.25, 0.3) is 0 Å². The molecule has 0 aromatic heterocycles. The van der Waals surface area contributed by atoms with Gasteiger partial charge in [-0.05, 0) is 62.0 Å². The average Bonchev–Trinajstić information content (AvgIpc) is 3.79. The maximum Gasteiger partial charge on any atom is 0.172 e. The second-order valence-electron chi connectivity index (χ2n) is 17.4. The largest absolute Gasteiger partial charge is 0.392 e. The van der Waals surface area contributed by atoms with Crippen LogP contribution in [0.2, 0.25) is 0 Å². The molecule has 0 radical (unpaired) electrons. The van der Waals surface area contributed by atoms with E-state index in [1.165, 1.54) is 0 Å². The zero-order chi connectivity index (χ0) is 35.9. The van der Waals surface area contributed by atoms with Crippen molar-refractivity contribution in [3.63, 3.8) is 0 Å². The predicted octanol–water partition coefficient (Wildman–Crippen LogP) is 3.44. The van der Waals surface area contributed by atoms with Crippen molar-refractivity contribution >= 4 is 5.78 Å². The number of nitrogens with two attached hydrogens (primary N) is 1. The Morgan fingerprint density at radius 3 is 2.38 bits per heavy atom. The lowest BCUT2D eigenvalue weighted by Gasteiger charge is -2.47. The number of aliphatic hydroxyl groups is 1. The summed E-state index contributed by atoms with van der Waals surface area (Å²) in [7, 11) is 1.66. The standard InChI is InChI=1S/C40H59NO11/c1-19-11-24-5-7-28-20(2)12-26(45-28)9-10-40-17-33-36(51-40)37-38(50-33)39(52-40)35-29(49-37)8-6-25(47-35)13-22(42)14-27-31(16-30(46-24)21(19)3)48-32(34(27)44-4)15-23(43)18-41/h19,23-39,43H,2-3,5-18,41H2,1,4H3/t19-,23+,24+,25-,26+,27+,28+,29+,30-,31+,32-,33-,34-,35+,36+,37+,38+,39+,40+/m1/s1. The second-order valence-corrected chi connectivity index (χ2v) is 17.4. The van der Waals surface area contributed by atoms with Crippen molar-refractivity contribution in [3.8, 4) is 0 Å². The summed E-state index contributed by atoms with van der Waals surface area (Å²) in [5.41, 5.74) is 8.01. The van der Waals surface area contributed by atoms with E-state index < -0.39 is 18.0 Å². The summed E-state index contributed by atoms with van der Waals surface area (Å²) in [5.74, 6) is -0.619. The molecule has 0 unspecified atom stereocenters. The van der Waals surface area contributed by atoms with Crippen molar-refractivity contribution in [2.45, 2.75) is 194 Å². The Balaban J connectivity index is 0.994. The molecule has 0 saturated carbocycles. The molecule has 0 aliphatic carbocycles. The van der Waals surface area contributed by atoms with Crippen molar-refractivity contribution in [2.75, 3.05) is 13.7 Å². The van der Waals surface area contributed by atoms with Crippen molar-refractivity contribution in [2.24, 2.45) is 17.6 Å². The predicted molar refractivity (Wildman–Crippen MR) is 186 cm³/mol. The van der Waals surface area contributed by atoms with Gasteiger partial charge in [0.15, 0.2) is 5.79 Å². The van der Waals surface area contributed by atoms with Gasteiger partial charge in [0.25, 0.3) is 0 Å². The van der Waals surface area contributed by atoms with Gasteiger partial charge in [-0.2, -0.15) is 0 Å². The SMILES string of the molecule is C=C1C[C@@H]2CC[C@@]34C[C@H]5O[C@@H]6[C@@H](O3)[C@H]3O[C@H](CC[C@@H]3O[C@H]6[C@H]5O4)CC(=O)C[C@@H]3[C@@H](OC)[C@@H](C[C@H](O)CN)O[C@H]3C[C@H]3O[C@@H](CC[C@@H]1O2)C[C@@H](C)C3=C. The number of ether oxygens (including phenoxy) is 9. The summed E-state index contributed by atoms with van der Waals surface area (Å²) in [6, 6.07) is 0. The summed E-state index contributed by atoms with van der Waals surface area (Å²) in [5, 5.41) is 10.5. The molecule has 0 amide bonds. The Hall–Kier alpha value is -1.29. The third-order valence-electron chi connectivity index (χ3n) is 14.0. The van der Waals surface area contributed by atoms with Gasteiger partial charge in [0.05, 0.1) is 67.1 Å². The maximum atomic E-state index is 14.1. The third kappa shape index (κ3) is 6.59. The van der Waals surface area contributed by atoms with Gasteiger partial charge >= 0.3 is 0 Å². The normalized spacial score (nSPS) is 52.4. The Morgan fingerprint density at radius 1 is 0.808 bits per heavy atom. The maximum absolute atomic E-state index is 14.1. The monoisotopic (exact) mass is 729 g/mol. The number of aliphatic hydroxyl groups excluding tert-OH is 1. The summed E-state index contributed by atoms with van der Waals surface area (Å²) < 4.78 is 60.0. The molecule has 10 aliphatic rings. The first kappa shape index (κ1) is 36.4. The Kier molecular flexibility index (Phi) is 10.0. The van der Waals surface area contributed by atoms with Crippen LogP contribution in [0.1, 0.15) is 90.4 Å². The van der Waals surface area contributed by atoms with Gasteiger partial charge in [-0.25, -0.2) is 0 Å². The molecule has 10 fully saturated rings. The molecule has 10 rings (SSSR count). The van der Waals surface area contributed by atoms with E-state index in [-0.39, 0.29) is 122 Å². The number of carbonyl (C=O) groups is 1. The molecule has 1 spiro atoms. The molecule has 10 aliphatic heterocycles. The van der Waals surface area contributed by atoms with Crippen LogP contribution in [0, 0.1) is 11.8 Å². The Labute approximate surface area is 307 Å². The van der Waals surface area contributed by atoms with E-state index in [4.69, 9.17) is 48.4 Å². The molecule has 3 N–H and O–H groups in total. The van der Waals surface area contributed by atoms with Crippen molar-refractivity contribution in [3.05, 3.63) is 24.3 Å². The van der Waals surface area contributed by atoms with Crippen LogP contribution in [0.5, 0.6) is 0 Å². The number of hydrogen-bond donors (Lipinski definition) is 2. The van der Waals surface area contributed by atoms with E-state index >= 15 is 0 Å². The molecule has 10 saturated heterocycles. The molecule has 52 heavy (non-hydrogen) atoms. The van der Waals surface area contributed by atoms with E-state index in [2.05, 4.69) is 20.1 Å². The Bertz CT molecular complexity index is 1380. The van der Waals surface area contributed by atoms with Gasteiger partial charge in [-0.15, -0.1) is 0 Å². The molecule has 19 atom stereocenters. The fourth-order valence-corrected chi connectivity index (χ4v) is 11.3. The summed E-state index contributed by atoms with van der Waals surface area (Å²) in [6.45, 7) is 11.3. The lowest BCUT2D eigenvalue weighted by molar-refractivity contribution is -0.292. The van der Waals surface area contributed by atoms with Crippen LogP contribution in [-0.4, -0.2) is 128 Å². The highest BCUT2D eigenvalue weighted by molar-refractivity contribution is 5.79. The fourth-order valence-electron chi connectivity index (χ4n) is 11.3. The average molecular weight is 730 g/mol. The van der Waals surface area contributed by atoms with Crippen molar-refractivity contribution in [1.29, 1.82) is 0 Å².